The molecule has 2 aromatic rings. The Morgan fingerprint density at radius 2 is 2.00 bits per heavy atom. The van der Waals surface area contributed by atoms with Crippen molar-refractivity contribution in [3.63, 3.8) is 0 Å². The van der Waals surface area contributed by atoms with E-state index in [9.17, 15) is 4.79 Å². The summed E-state index contributed by atoms with van der Waals surface area (Å²) in [4.78, 5) is 11.8. The largest absolute Gasteiger partial charge is 0.464 e. The van der Waals surface area contributed by atoms with E-state index in [2.05, 4.69) is 22.0 Å². The number of esters is 1. The molecule has 1 heterocycles. The van der Waals surface area contributed by atoms with E-state index in [0.29, 0.717) is 5.69 Å². The number of carbonyl (C=O) groups excluding carboxylic acids is 1. The summed E-state index contributed by atoms with van der Waals surface area (Å²) >= 11 is 3.54. The van der Waals surface area contributed by atoms with Gasteiger partial charge >= 0.3 is 5.97 Å². The molecule has 0 N–H and O–H groups in total. The number of aromatic nitrogens is 1. The molecule has 0 fully saturated rings. The maximum Gasteiger partial charge on any atom is 0.354 e. The minimum atomic E-state index is -0.300. The normalized spacial score (nSPS) is 10.9. The molecule has 0 spiro atoms. The first-order chi connectivity index (χ1) is 7.97. The molecule has 0 aliphatic rings. The Morgan fingerprint density at radius 1 is 1.35 bits per heavy atom. The third kappa shape index (κ3) is 1.76. The van der Waals surface area contributed by atoms with Crippen LogP contribution in [0.4, 0.5) is 0 Å². The van der Waals surface area contributed by atoms with Crippen LogP contribution < -0.4 is 0 Å². The van der Waals surface area contributed by atoms with Gasteiger partial charge in [0, 0.05) is 16.9 Å². The average molecular weight is 296 g/mol. The van der Waals surface area contributed by atoms with Gasteiger partial charge < -0.3 is 9.30 Å². The molecule has 3 nitrogen and oxygen atoms in total. The molecule has 0 aliphatic carbocycles. The van der Waals surface area contributed by atoms with Gasteiger partial charge in [0.25, 0.3) is 0 Å². The second-order valence-corrected chi connectivity index (χ2v) is 5.02. The minimum absolute atomic E-state index is 0.300. The quantitative estimate of drug-likeness (QED) is 0.756. The van der Waals surface area contributed by atoms with E-state index in [1.54, 1.807) is 0 Å². The van der Waals surface area contributed by atoms with Gasteiger partial charge in [-0.25, -0.2) is 4.79 Å². The monoisotopic (exact) mass is 295 g/mol. The number of aryl methyl sites for hydroxylation is 3. The predicted octanol–water partition coefficient (Wildman–Crippen LogP) is 3.34. The van der Waals surface area contributed by atoms with E-state index < -0.39 is 0 Å². The third-order valence-electron chi connectivity index (χ3n) is 3.02. The van der Waals surface area contributed by atoms with E-state index in [1.165, 1.54) is 7.11 Å². The number of halogens is 1. The maximum atomic E-state index is 11.8. The Hall–Kier alpha value is -1.29. The number of methoxy groups -OCH3 is 1. The van der Waals surface area contributed by atoms with Crippen molar-refractivity contribution in [3.05, 3.63) is 33.4 Å². The van der Waals surface area contributed by atoms with Crippen LogP contribution in [0.3, 0.4) is 0 Å². The van der Waals surface area contributed by atoms with E-state index in [-0.39, 0.29) is 5.97 Å². The Bertz CT molecular complexity index is 614. The van der Waals surface area contributed by atoms with E-state index in [1.807, 2.05) is 31.5 Å². The molecular weight excluding hydrogens is 282 g/mol. The van der Waals surface area contributed by atoms with Crippen LogP contribution in [0.2, 0.25) is 0 Å². The number of rotatable bonds is 1. The molecule has 90 valence electrons. The van der Waals surface area contributed by atoms with Gasteiger partial charge in [0.2, 0.25) is 0 Å². The highest BCUT2D eigenvalue weighted by Gasteiger charge is 2.20. The van der Waals surface area contributed by atoms with Crippen molar-refractivity contribution in [2.75, 3.05) is 7.11 Å². The fourth-order valence-electron chi connectivity index (χ4n) is 2.24. The fourth-order valence-corrected chi connectivity index (χ4v) is 3.08. The first-order valence-corrected chi connectivity index (χ1v) is 6.10. The summed E-state index contributed by atoms with van der Waals surface area (Å²) in [6.07, 6.45) is 0. The lowest BCUT2D eigenvalue weighted by Gasteiger charge is -2.04. The van der Waals surface area contributed by atoms with Gasteiger partial charge in [0.05, 0.1) is 12.6 Å². The molecule has 0 radical (unpaired) electrons. The summed E-state index contributed by atoms with van der Waals surface area (Å²) in [5, 5.41) is 1.08. The van der Waals surface area contributed by atoms with Crippen LogP contribution in [0, 0.1) is 13.8 Å². The Kier molecular flexibility index (Phi) is 3.00. The van der Waals surface area contributed by atoms with Crippen molar-refractivity contribution in [3.8, 4) is 0 Å². The zero-order valence-electron chi connectivity index (χ0n) is 10.3. The molecule has 1 aromatic carbocycles. The first-order valence-electron chi connectivity index (χ1n) is 5.30. The van der Waals surface area contributed by atoms with Crippen LogP contribution >= 0.6 is 15.9 Å². The van der Waals surface area contributed by atoms with Gasteiger partial charge in [-0.1, -0.05) is 0 Å². The number of benzene rings is 1. The van der Waals surface area contributed by atoms with Crippen LogP contribution in [0.5, 0.6) is 0 Å². The fraction of sp³-hybridized carbons (Fsp3) is 0.308. The zero-order valence-corrected chi connectivity index (χ0v) is 11.9. The molecule has 0 aliphatic heterocycles. The molecule has 2 rings (SSSR count). The van der Waals surface area contributed by atoms with Crippen LogP contribution in [-0.4, -0.2) is 17.6 Å². The number of carbonyl (C=O) groups is 1. The summed E-state index contributed by atoms with van der Waals surface area (Å²) in [5.74, 6) is -0.300. The van der Waals surface area contributed by atoms with E-state index in [4.69, 9.17) is 4.74 Å². The van der Waals surface area contributed by atoms with Crippen molar-refractivity contribution in [2.45, 2.75) is 13.8 Å². The Labute approximate surface area is 108 Å². The smallest absolute Gasteiger partial charge is 0.354 e. The lowest BCUT2D eigenvalue weighted by atomic mass is 10.1. The first kappa shape index (κ1) is 12.2. The molecular formula is C13H14BrNO2. The topological polar surface area (TPSA) is 31.2 Å². The second kappa shape index (κ2) is 4.18. The molecule has 1 aromatic heterocycles. The Balaban J connectivity index is 2.90. The lowest BCUT2D eigenvalue weighted by molar-refractivity contribution is 0.0589. The summed E-state index contributed by atoms with van der Waals surface area (Å²) in [6.45, 7) is 3.98. The second-order valence-electron chi connectivity index (χ2n) is 4.17. The molecule has 0 bridgehead atoms. The average Bonchev–Trinajstić information content (AvgIpc) is 2.50. The van der Waals surface area contributed by atoms with Gasteiger partial charge in [-0.2, -0.15) is 0 Å². The number of hydrogen-bond acceptors (Lipinski definition) is 2. The van der Waals surface area contributed by atoms with Crippen LogP contribution in [0.25, 0.3) is 10.9 Å². The van der Waals surface area contributed by atoms with Crippen molar-refractivity contribution >= 4 is 32.8 Å². The van der Waals surface area contributed by atoms with Crippen molar-refractivity contribution in [2.24, 2.45) is 7.05 Å². The minimum Gasteiger partial charge on any atom is -0.464 e. The summed E-state index contributed by atoms with van der Waals surface area (Å²) in [6, 6.07) is 4.13. The van der Waals surface area contributed by atoms with Crippen LogP contribution in [-0.2, 0) is 11.8 Å². The van der Waals surface area contributed by atoms with Crippen LogP contribution in [0.15, 0.2) is 16.6 Å². The van der Waals surface area contributed by atoms with Crippen molar-refractivity contribution < 1.29 is 9.53 Å². The summed E-state index contributed by atoms with van der Waals surface area (Å²) in [5.41, 5.74) is 3.75. The zero-order chi connectivity index (χ0) is 12.7. The standard InChI is InChI=1S/C13H14BrNO2/c1-7-5-9-8(2)11(13(16)17-4)15(3)12(9)10(14)6-7/h5-6H,1-4H3. The van der Waals surface area contributed by atoms with Gasteiger partial charge in [-0.05, 0) is 53.0 Å². The number of hydrogen-bond donors (Lipinski definition) is 0. The molecule has 0 saturated carbocycles. The molecule has 0 atom stereocenters. The van der Waals surface area contributed by atoms with Gasteiger partial charge in [-0.15, -0.1) is 0 Å². The highest BCUT2D eigenvalue weighted by Crippen LogP contribution is 2.32. The lowest BCUT2D eigenvalue weighted by Crippen LogP contribution is -2.08. The summed E-state index contributed by atoms with van der Waals surface area (Å²) < 4.78 is 7.69. The van der Waals surface area contributed by atoms with E-state index >= 15 is 0 Å². The summed E-state index contributed by atoms with van der Waals surface area (Å²) in [7, 11) is 3.28. The van der Waals surface area contributed by atoms with Gasteiger partial charge in [-0.3, -0.25) is 0 Å². The number of ether oxygens (including phenoxy) is 1. The molecule has 0 amide bonds. The SMILES string of the molecule is COC(=O)c1c(C)c2cc(C)cc(Br)c2n1C. The highest BCUT2D eigenvalue weighted by molar-refractivity contribution is 9.10. The van der Waals surface area contributed by atoms with Gasteiger partial charge in [0.15, 0.2) is 0 Å². The van der Waals surface area contributed by atoms with E-state index in [0.717, 1.165) is 26.5 Å². The van der Waals surface area contributed by atoms with Crippen molar-refractivity contribution in [1.29, 1.82) is 0 Å². The number of nitrogens with zero attached hydrogens (tertiary/aromatic N) is 1. The molecule has 4 heteroatoms. The maximum absolute atomic E-state index is 11.8. The predicted molar refractivity (Wildman–Crippen MR) is 71.4 cm³/mol. The van der Waals surface area contributed by atoms with Crippen molar-refractivity contribution in [1.82, 2.24) is 4.57 Å². The number of fused-ring (bicyclic) bond motifs is 1. The third-order valence-corrected chi connectivity index (χ3v) is 3.62. The van der Waals surface area contributed by atoms with Crippen LogP contribution in [0.1, 0.15) is 21.6 Å². The molecule has 0 unspecified atom stereocenters. The Morgan fingerprint density at radius 3 is 2.59 bits per heavy atom. The molecule has 17 heavy (non-hydrogen) atoms. The highest BCUT2D eigenvalue weighted by atomic mass is 79.9. The van der Waals surface area contributed by atoms with Gasteiger partial charge in [0.1, 0.15) is 5.69 Å². The molecule has 0 saturated heterocycles.